The molecule has 3 rings (SSSR count). The van der Waals surface area contributed by atoms with Gasteiger partial charge in [-0.05, 0) is 18.8 Å². The van der Waals surface area contributed by atoms with Gasteiger partial charge in [0.25, 0.3) is 0 Å². The molecule has 0 spiro atoms. The molecule has 7 nitrogen and oxygen atoms in total. The monoisotopic (exact) mass is 292 g/mol. The number of hydrogen-bond acceptors (Lipinski definition) is 6. The van der Waals surface area contributed by atoms with Crippen molar-refractivity contribution < 1.29 is 15.0 Å². The Kier molecular flexibility index (Phi) is 3.92. The number of anilines is 2. The molecule has 1 aromatic heterocycles. The van der Waals surface area contributed by atoms with Gasteiger partial charge in [-0.1, -0.05) is 0 Å². The Hall–Kier alpha value is -1.89. The number of piperidine rings is 1. The fourth-order valence-corrected chi connectivity index (χ4v) is 2.93. The Bertz CT molecular complexity index is 519. The zero-order valence-corrected chi connectivity index (χ0v) is 11.9. The molecule has 2 aliphatic rings. The van der Waals surface area contributed by atoms with Gasteiger partial charge in [0.1, 0.15) is 18.0 Å². The van der Waals surface area contributed by atoms with Gasteiger partial charge in [0.15, 0.2) is 0 Å². The van der Waals surface area contributed by atoms with Crippen molar-refractivity contribution in [1.29, 1.82) is 0 Å². The molecule has 7 heteroatoms. The van der Waals surface area contributed by atoms with Crippen LogP contribution in [0, 0.1) is 11.8 Å². The van der Waals surface area contributed by atoms with Crippen LogP contribution in [0.5, 0.6) is 0 Å². The zero-order chi connectivity index (χ0) is 14.8. The van der Waals surface area contributed by atoms with Crippen LogP contribution in [-0.4, -0.2) is 58.9 Å². The van der Waals surface area contributed by atoms with Crippen molar-refractivity contribution in [2.45, 2.75) is 12.8 Å². The van der Waals surface area contributed by atoms with Crippen LogP contribution in [-0.2, 0) is 4.79 Å². The summed E-state index contributed by atoms with van der Waals surface area (Å²) in [5, 5.41) is 18.2. The van der Waals surface area contributed by atoms with E-state index in [2.05, 4.69) is 14.9 Å². The molecule has 2 fully saturated rings. The predicted octanol–water partition coefficient (Wildman–Crippen LogP) is 0.206. The van der Waals surface area contributed by atoms with Gasteiger partial charge in [-0.2, -0.15) is 0 Å². The molecule has 2 aliphatic heterocycles. The summed E-state index contributed by atoms with van der Waals surface area (Å²) in [7, 11) is 0. The van der Waals surface area contributed by atoms with Crippen LogP contribution in [0.15, 0.2) is 12.4 Å². The van der Waals surface area contributed by atoms with E-state index >= 15 is 0 Å². The first-order valence-corrected chi connectivity index (χ1v) is 7.33. The molecule has 0 saturated carbocycles. The second-order valence-electron chi connectivity index (χ2n) is 5.81. The Morgan fingerprint density at radius 1 is 1.24 bits per heavy atom. The average molecular weight is 292 g/mol. The van der Waals surface area contributed by atoms with Gasteiger partial charge >= 0.3 is 5.97 Å². The topological polar surface area (TPSA) is 89.8 Å². The van der Waals surface area contributed by atoms with Gasteiger partial charge < -0.3 is 20.0 Å². The number of carboxylic acids is 1. The Morgan fingerprint density at radius 3 is 2.62 bits per heavy atom. The summed E-state index contributed by atoms with van der Waals surface area (Å²) in [4.78, 5) is 23.5. The van der Waals surface area contributed by atoms with Crippen LogP contribution in [0.1, 0.15) is 12.8 Å². The highest BCUT2D eigenvalue weighted by atomic mass is 16.4. The summed E-state index contributed by atoms with van der Waals surface area (Å²) in [5.74, 6) is 0.901. The summed E-state index contributed by atoms with van der Waals surface area (Å²) >= 11 is 0. The van der Waals surface area contributed by atoms with E-state index < -0.39 is 5.97 Å². The lowest BCUT2D eigenvalue weighted by molar-refractivity contribution is -0.142. The minimum atomic E-state index is -0.748. The number of carboxylic acid groups (broad SMARTS) is 1. The fraction of sp³-hybridized carbons (Fsp3) is 0.643. The van der Waals surface area contributed by atoms with Crippen molar-refractivity contribution >= 4 is 17.6 Å². The van der Waals surface area contributed by atoms with Crippen LogP contribution in [0.4, 0.5) is 11.6 Å². The van der Waals surface area contributed by atoms with Crippen molar-refractivity contribution in [3.05, 3.63) is 12.4 Å². The summed E-state index contributed by atoms with van der Waals surface area (Å²) < 4.78 is 0. The number of rotatable bonds is 4. The normalized spacial score (nSPS) is 23.0. The molecule has 0 aliphatic carbocycles. The van der Waals surface area contributed by atoms with E-state index in [0.717, 1.165) is 37.6 Å². The largest absolute Gasteiger partial charge is 0.481 e. The van der Waals surface area contributed by atoms with Crippen molar-refractivity contribution in [1.82, 2.24) is 9.97 Å². The highest BCUT2D eigenvalue weighted by Crippen LogP contribution is 2.27. The lowest BCUT2D eigenvalue weighted by Gasteiger charge is -2.38. The Labute approximate surface area is 123 Å². The van der Waals surface area contributed by atoms with Crippen molar-refractivity contribution in [3.63, 3.8) is 0 Å². The molecule has 0 aromatic carbocycles. The number of aliphatic hydroxyl groups excluding tert-OH is 1. The Morgan fingerprint density at radius 2 is 1.95 bits per heavy atom. The molecule has 0 radical (unpaired) electrons. The SMILES string of the molecule is O=C(O)C1CN(c2cc(N3CCCC(CO)C3)ncn2)C1. The molecule has 0 amide bonds. The van der Waals surface area contributed by atoms with E-state index in [1.165, 1.54) is 6.33 Å². The molecular formula is C14H20N4O3. The van der Waals surface area contributed by atoms with E-state index in [0.29, 0.717) is 19.0 Å². The predicted molar refractivity (Wildman–Crippen MR) is 77.4 cm³/mol. The van der Waals surface area contributed by atoms with Gasteiger partial charge in [0.05, 0.1) is 5.92 Å². The van der Waals surface area contributed by atoms with E-state index in [1.807, 2.05) is 11.0 Å². The molecule has 1 atom stereocenters. The maximum atomic E-state index is 10.9. The highest BCUT2D eigenvalue weighted by Gasteiger charge is 2.33. The third-order valence-electron chi connectivity index (χ3n) is 4.29. The number of carbonyl (C=O) groups is 1. The number of aliphatic hydroxyl groups is 1. The average Bonchev–Trinajstić information content (AvgIpc) is 2.46. The maximum Gasteiger partial charge on any atom is 0.310 e. The van der Waals surface area contributed by atoms with E-state index in [4.69, 9.17) is 5.11 Å². The number of nitrogens with zero attached hydrogens (tertiary/aromatic N) is 4. The third-order valence-corrected chi connectivity index (χ3v) is 4.29. The number of aliphatic carboxylic acids is 1. The smallest absolute Gasteiger partial charge is 0.310 e. The van der Waals surface area contributed by atoms with Crippen molar-refractivity contribution in [3.8, 4) is 0 Å². The summed E-state index contributed by atoms with van der Waals surface area (Å²) in [6.45, 7) is 2.96. The molecule has 1 aromatic rings. The molecule has 114 valence electrons. The minimum Gasteiger partial charge on any atom is -0.481 e. The van der Waals surface area contributed by atoms with Crippen LogP contribution >= 0.6 is 0 Å². The van der Waals surface area contributed by atoms with E-state index in [1.54, 1.807) is 0 Å². The molecule has 0 bridgehead atoms. The van der Waals surface area contributed by atoms with Gasteiger partial charge in [0, 0.05) is 38.9 Å². The minimum absolute atomic E-state index is 0.209. The number of aromatic nitrogens is 2. The highest BCUT2D eigenvalue weighted by molar-refractivity contribution is 5.74. The van der Waals surface area contributed by atoms with Crippen LogP contribution < -0.4 is 9.80 Å². The van der Waals surface area contributed by atoms with E-state index in [9.17, 15) is 9.90 Å². The van der Waals surface area contributed by atoms with Gasteiger partial charge in [-0.25, -0.2) is 9.97 Å². The lowest BCUT2D eigenvalue weighted by Crippen LogP contribution is -2.50. The van der Waals surface area contributed by atoms with Gasteiger partial charge in [-0.15, -0.1) is 0 Å². The van der Waals surface area contributed by atoms with Crippen LogP contribution in [0.3, 0.4) is 0 Å². The van der Waals surface area contributed by atoms with E-state index in [-0.39, 0.29) is 12.5 Å². The first-order chi connectivity index (χ1) is 10.2. The fourth-order valence-electron chi connectivity index (χ4n) is 2.93. The summed E-state index contributed by atoms with van der Waals surface area (Å²) in [6.07, 6.45) is 3.63. The summed E-state index contributed by atoms with van der Waals surface area (Å²) in [5.41, 5.74) is 0. The quantitative estimate of drug-likeness (QED) is 0.819. The first-order valence-electron chi connectivity index (χ1n) is 7.33. The van der Waals surface area contributed by atoms with Crippen LogP contribution in [0.25, 0.3) is 0 Å². The van der Waals surface area contributed by atoms with Crippen molar-refractivity contribution in [2.24, 2.45) is 11.8 Å². The standard InChI is InChI=1S/C14H20N4O3/c19-8-10-2-1-3-17(5-10)12-4-13(16-9-15-12)18-6-11(7-18)14(20)21/h4,9-11,19H,1-3,5-8H2,(H,20,21). The molecule has 2 N–H and O–H groups in total. The second kappa shape index (κ2) is 5.85. The van der Waals surface area contributed by atoms with Gasteiger partial charge in [0.2, 0.25) is 0 Å². The second-order valence-corrected chi connectivity index (χ2v) is 5.81. The number of hydrogen-bond donors (Lipinski definition) is 2. The maximum absolute atomic E-state index is 10.9. The van der Waals surface area contributed by atoms with Gasteiger partial charge in [-0.3, -0.25) is 4.79 Å². The zero-order valence-electron chi connectivity index (χ0n) is 11.9. The third kappa shape index (κ3) is 2.92. The Balaban J connectivity index is 1.68. The molecule has 21 heavy (non-hydrogen) atoms. The molecule has 1 unspecified atom stereocenters. The molecular weight excluding hydrogens is 272 g/mol. The lowest BCUT2D eigenvalue weighted by atomic mass is 9.99. The molecule has 2 saturated heterocycles. The summed E-state index contributed by atoms with van der Waals surface area (Å²) in [6, 6.07) is 1.91. The molecule has 3 heterocycles. The van der Waals surface area contributed by atoms with Crippen molar-refractivity contribution in [2.75, 3.05) is 42.6 Å². The van der Waals surface area contributed by atoms with Crippen LogP contribution in [0.2, 0.25) is 0 Å². The first kappa shape index (κ1) is 14.1.